The maximum absolute atomic E-state index is 12.7. The van der Waals surface area contributed by atoms with E-state index >= 15 is 0 Å². The SMILES string of the molecule is CC(C)C(NC(=O)Cc1cccc(OCC#N)c1)c1ccc2c(c1)OCCO2. The Balaban J connectivity index is 1.69. The van der Waals surface area contributed by atoms with Gasteiger partial charge in [0.25, 0.3) is 0 Å². The molecule has 6 heteroatoms. The molecule has 1 aliphatic rings. The van der Waals surface area contributed by atoms with E-state index in [1.165, 1.54) is 0 Å². The van der Waals surface area contributed by atoms with E-state index in [9.17, 15) is 4.79 Å². The minimum absolute atomic E-state index is 0.0187. The number of hydrogen-bond donors (Lipinski definition) is 1. The van der Waals surface area contributed by atoms with E-state index in [4.69, 9.17) is 19.5 Å². The van der Waals surface area contributed by atoms with Gasteiger partial charge in [-0.1, -0.05) is 32.0 Å². The van der Waals surface area contributed by atoms with Crippen LogP contribution in [0.3, 0.4) is 0 Å². The third-order valence-electron chi connectivity index (χ3n) is 4.48. The van der Waals surface area contributed by atoms with Crippen LogP contribution >= 0.6 is 0 Å². The molecule has 0 radical (unpaired) electrons. The molecule has 1 unspecified atom stereocenters. The van der Waals surface area contributed by atoms with Crippen LogP contribution in [0.1, 0.15) is 31.0 Å². The predicted octanol–water partition coefficient (Wildman–Crippen LogP) is 3.42. The number of ether oxygens (including phenoxy) is 3. The molecule has 1 amide bonds. The first-order chi connectivity index (χ1) is 13.6. The Morgan fingerprint density at radius 2 is 1.96 bits per heavy atom. The highest BCUT2D eigenvalue weighted by molar-refractivity contribution is 5.79. The molecule has 28 heavy (non-hydrogen) atoms. The second kappa shape index (κ2) is 9.14. The first kappa shape index (κ1) is 19.6. The third-order valence-corrected chi connectivity index (χ3v) is 4.48. The standard InChI is InChI=1S/C22H24N2O4/c1-15(2)22(17-6-7-19-20(14-17)28-11-10-27-19)24-21(25)13-16-4-3-5-18(12-16)26-9-8-23/h3-7,12,14-15,22H,9-11,13H2,1-2H3,(H,24,25). The van der Waals surface area contributed by atoms with Crippen molar-refractivity contribution in [1.29, 1.82) is 5.26 Å². The molecule has 3 rings (SSSR count). The lowest BCUT2D eigenvalue weighted by molar-refractivity contribution is -0.121. The van der Waals surface area contributed by atoms with Crippen molar-refractivity contribution in [3.05, 3.63) is 53.6 Å². The summed E-state index contributed by atoms with van der Waals surface area (Å²) in [7, 11) is 0. The van der Waals surface area contributed by atoms with Crippen LogP contribution in [0.25, 0.3) is 0 Å². The van der Waals surface area contributed by atoms with Crippen molar-refractivity contribution < 1.29 is 19.0 Å². The molecule has 146 valence electrons. The summed E-state index contributed by atoms with van der Waals surface area (Å²) < 4.78 is 16.5. The summed E-state index contributed by atoms with van der Waals surface area (Å²) >= 11 is 0. The van der Waals surface area contributed by atoms with Gasteiger partial charge in [-0.2, -0.15) is 5.26 Å². The normalized spacial score (nSPS) is 13.5. The Labute approximate surface area is 165 Å². The Bertz CT molecular complexity index is 873. The van der Waals surface area contributed by atoms with Gasteiger partial charge in [0.15, 0.2) is 18.1 Å². The quantitative estimate of drug-likeness (QED) is 0.796. The molecule has 1 heterocycles. The molecule has 0 aliphatic carbocycles. The number of nitrogens with zero attached hydrogens (tertiary/aromatic N) is 1. The van der Waals surface area contributed by atoms with Crippen LogP contribution in [0.5, 0.6) is 17.2 Å². The molecular formula is C22H24N2O4. The lowest BCUT2D eigenvalue weighted by Gasteiger charge is -2.25. The molecule has 0 spiro atoms. The molecule has 0 aromatic heterocycles. The average molecular weight is 380 g/mol. The lowest BCUT2D eigenvalue weighted by Crippen LogP contribution is -2.33. The van der Waals surface area contributed by atoms with Crippen molar-refractivity contribution in [3.8, 4) is 23.3 Å². The van der Waals surface area contributed by atoms with E-state index in [-0.39, 0.29) is 30.9 Å². The molecule has 1 atom stereocenters. The number of nitriles is 1. The summed E-state index contributed by atoms with van der Waals surface area (Å²) in [4.78, 5) is 12.7. The van der Waals surface area contributed by atoms with Crippen LogP contribution in [0.2, 0.25) is 0 Å². The van der Waals surface area contributed by atoms with Gasteiger partial charge in [0.2, 0.25) is 5.91 Å². The zero-order valence-corrected chi connectivity index (χ0v) is 16.1. The molecular weight excluding hydrogens is 356 g/mol. The van der Waals surface area contributed by atoms with Crippen LogP contribution in [0.15, 0.2) is 42.5 Å². The summed E-state index contributed by atoms with van der Waals surface area (Å²) in [6, 6.07) is 14.8. The van der Waals surface area contributed by atoms with Crippen molar-refractivity contribution >= 4 is 5.91 Å². The van der Waals surface area contributed by atoms with Crippen LogP contribution in [0, 0.1) is 17.2 Å². The van der Waals surface area contributed by atoms with E-state index in [1.807, 2.05) is 36.4 Å². The van der Waals surface area contributed by atoms with E-state index in [0.29, 0.717) is 24.7 Å². The van der Waals surface area contributed by atoms with Gasteiger partial charge >= 0.3 is 0 Å². The molecule has 0 saturated heterocycles. The topological polar surface area (TPSA) is 80.6 Å². The number of benzene rings is 2. The van der Waals surface area contributed by atoms with Gasteiger partial charge in [0.1, 0.15) is 25.0 Å². The van der Waals surface area contributed by atoms with Gasteiger partial charge in [-0.15, -0.1) is 0 Å². The summed E-state index contributed by atoms with van der Waals surface area (Å²) in [6.07, 6.45) is 0.234. The van der Waals surface area contributed by atoms with Crippen LogP contribution in [-0.4, -0.2) is 25.7 Å². The van der Waals surface area contributed by atoms with E-state index < -0.39 is 0 Å². The van der Waals surface area contributed by atoms with Crippen LogP contribution < -0.4 is 19.5 Å². The maximum Gasteiger partial charge on any atom is 0.224 e. The molecule has 2 aromatic rings. The highest BCUT2D eigenvalue weighted by Crippen LogP contribution is 2.34. The molecule has 0 saturated carbocycles. The summed E-state index contributed by atoms with van der Waals surface area (Å²) in [5.41, 5.74) is 1.82. The predicted molar refractivity (Wildman–Crippen MR) is 104 cm³/mol. The Morgan fingerprint density at radius 3 is 2.71 bits per heavy atom. The van der Waals surface area contributed by atoms with Gasteiger partial charge in [0, 0.05) is 0 Å². The van der Waals surface area contributed by atoms with E-state index in [1.54, 1.807) is 12.1 Å². The van der Waals surface area contributed by atoms with Crippen molar-refractivity contribution in [3.63, 3.8) is 0 Å². The average Bonchev–Trinajstić information content (AvgIpc) is 2.70. The first-order valence-electron chi connectivity index (χ1n) is 9.34. The minimum atomic E-state index is -0.138. The molecule has 0 bridgehead atoms. The Hall–Kier alpha value is -3.20. The smallest absolute Gasteiger partial charge is 0.224 e. The molecule has 1 N–H and O–H groups in total. The second-order valence-corrected chi connectivity index (χ2v) is 6.96. The number of carbonyl (C=O) groups excluding carboxylic acids is 1. The summed E-state index contributed by atoms with van der Waals surface area (Å²) in [5.74, 6) is 2.16. The number of carbonyl (C=O) groups is 1. The molecule has 1 aliphatic heterocycles. The maximum atomic E-state index is 12.7. The fourth-order valence-electron chi connectivity index (χ4n) is 3.16. The summed E-state index contributed by atoms with van der Waals surface area (Å²) in [5, 5.41) is 11.7. The highest BCUT2D eigenvalue weighted by Gasteiger charge is 2.21. The zero-order chi connectivity index (χ0) is 19.9. The Kier molecular flexibility index (Phi) is 6.38. The van der Waals surface area contributed by atoms with Gasteiger partial charge in [-0.3, -0.25) is 4.79 Å². The van der Waals surface area contributed by atoms with Gasteiger partial charge in [0.05, 0.1) is 12.5 Å². The van der Waals surface area contributed by atoms with Gasteiger partial charge in [-0.05, 0) is 41.3 Å². The minimum Gasteiger partial charge on any atom is -0.486 e. The fraction of sp³-hybridized carbons (Fsp3) is 0.364. The fourth-order valence-corrected chi connectivity index (χ4v) is 3.16. The second-order valence-electron chi connectivity index (χ2n) is 6.96. The Morgan fingerprint density at radius 1 is 1.18 bits per heavy atom. The largest absolute Gasteiger partial charge is 0.486 e. The molecule has 0 fully saturated rings. The van der Waals surface area contributed by atoms with Gasteiger partial charge < -0.3 is 19.5 Å². The number of amides is 1. The van der Waals surface area contributed by atoms with E-state index in [0.717, 1.165) is 16.9 Å². The van der Waals surface area contributed by atoms with Crippen molar-refractivity contribution in [2.45, 2.75) is 26.3 Å². The zero-order valence-electron chi connectivity index (χ0n) is 16.1. The van der Waals surface area contributed by atoms with Crippen molar-refractivity contribution in [2.75, 3.05) is 19.8 Å². The molecule has 6 nitrogen and oxygen atoms in total. The number of fused-ring (bicyclic) bond motifs is 1. The monoisotopic (exact) mass is 380 g/mol. The van der Waals surface area contributed by atoms with Crippen molar-refractivity contribution in [1.82, 2.24) is 5.32 Å². The first-order valence-corrected chi connectivity index (χ1v) is 9.34. The van der Waals surface area contributed by atoms with E-state index in [2.05, 4.69) is 19.2 Å². The van der Waals surface area contributed by atoms with Crippen LogP contribution in [0.4, 0.5) is 0 Å². The molecule has 2 aromatic carbocycles. The third kappa shape index (κ3) is 4.95. The highest BCUT2D eigenvalue weighted by atomic mass is 16.6. The van der Waals surface area contributed by atoms with Gasteiger partial charge in [-0.25, -0.2) is 0 Å². The van der Waals surface area contributed by atoms with Crippen molar-refractivity contribution in [2.24, 2.45) is 5.92 Å². The van der Waals surface area contributed by atoms with Crippen LogP contribution in [-0.2, 0) is 11.2 Å². The number of nitrogens with one attached hydrogen (secondary N) is 1. The summed E-state index contributed by atoms with van der Waals surface area (Å²) in [6.45, 7) is 5.19. The number of hydrogen-bond acceptors (Lipinski definition) is 5. The lowest BCUT2D eigenvalue weighted by atomic mass is 9.95. The number of rotatable bonds is 7.